The van der Waals surface area contributed by atoms with Gasteiger partial charge in [-0.15, -0.1) is 5.10 Å². The molecule has 0 radical (unpaired) electrons. The fourth-order valence-electron chi connectivity index (χ4n) is 3.05. The van der Waals surface area contributed by atoms with Crippen molar-refractivity contribution >= 4 is 34.8 Å². The van der Waals surface area contributed by atoms with Crippen LogP contribution in [0.15, 0.2) is 47.5 Å². The van der Waals surface area contributed by atoms with E-state index < -0.39 is 0 Å². The third-order valence-electron chi connectivity index (χ3n) is 4.36. The number of halogens is 2. The van der Waals surface area contributed by atoms with E-state index in [1.54, 1.807) is 10.7 Å². The molecule has 8 heteroatoms. The van der Waals surface area contributed by atoms with Crippen LogP contribution in [0.3, 0.4) is 0 Å². The smallest absolute Gasteiger partial charge is 0.290 e. The lowest BCUT2D eigenvalue weighted by atomic mass is 10.0. The summed E-state index contributed by atoms with van der Waals surface area (Å²) in [5.74, 6) is 0.404. The van der Waals surface area contributed by atoms with Gasteiger partial charge in [-0.1, -0.05) is 48.3 Å². The van der Waals surface area contributed by atoms with E-state index in [0.29, 0.717) is 28.1 Å². The van der Waals surface area contributed by atoms with E-state index in [0.717, 1.165) is 23.2 Å². The maximum absolute atomic E-state index is 12.3. The molecule has 1 amide bonds. The van der Waals surface area contributed by atoms with Crippen molar-refractivity contribution in [1.29, 1.82) is 0 Å². The lowest BCUT2D eigenvalue weighted by Crippen LogP contribution is -2.25. The molecule has 0 saturated heterocycles. The Morgan fingerprint density at radius 3 is 2.79 bits per heavy atom. The molecule has 0 saturated carbocycles. The Bertz CT molecular complexity index is 1090. The summed E-state index contributed by atoms with van der Waals surface area (Å²) in [5, 5.41) is 8.39. The van der Waals surface area contributed by atoms with Gasteiger partial charge in [0.1, 0.15) is 0 Å². The molecule has 0 aliphatic carbocycles. The zero-order valence-electron chi connectivity index (χ0n) is 15.1. The van der Waals surface area contributed by atoms with Crippen LogP contribution in [-0.4, -0.2) is 32.9 Å². The Morgan fingerprint density at radius 2 is 2.00 bits per heavy atom. The molecular weight excluding hydrogens is 397 g/mol. The van der Waals surface area contributed by atoms with E-state index in [2.05, 4.69) is 15.4 Å². The second-order valence-electron chi connectivity index (χ2n) is 6.33. The Balaban J connectivity index is 1.84. The van der Waals surface area contributed by atoms with Gasteiger partial charge < -0.3 is 5.32 Å². The molecule has 2 heterocycles. The molecule has 0 bridgehead atoms. The highest BCUT2D eigenvalue weighted by atomic mass is 35.5. The first kappa shape index (κ1) is 18.7. The van der Waals surface area contributed by atoms with Crippen LogP contribution >= 0.6 is 23.2 Å². The first-order chi connectivity index (χ1) is 13.6. The highest BCUT2D eigenvalue weighted by molar-refractivity contribution is 6.36. The van der Waals surface area contributed by atoms with Gasteiger partial charge in [0.2, 0.25) is 5.82 Å². The Morgan fingerprint density at radius 1 is 1.18 bits per heavy atom. The van der Waals surface area contributed by atoms with Crippen molar-refractivity contribution in [2.45, 2.75) is 19.9 Å². The molecular formula is C20H17Cl2N5O. The molecule has 142 valence electrons. The van der Waals surface area contributed by atoms with E-state index in [4.69, 9.17) is 28.2 Å². The summed E-state index contributed by atoms with van der Waals surface area (Å²) in [4.78, 5) is 21.4. The van der Waals surface area contributed by atoms with Crippen LogP contribution in [-0.2, 0) is 6.54 Å². The highest BCUT2D eigenvalue weighted by Gasteiger charge is 2.24. The predicted molar refractivity (Wildman–Crippen MR) is 110 cm³/mol. The lowest BCUT2D eigenvalue weighted by molar-refractivity contribution is 0.0943. The summed E-state index contributed by atoms with van der Waals surface area (Å²) in [6, 6.07) is 13.0. The van der Waals surface area contributed by atoms with E-state index in [-0.39, 0.29) is 18.3 Å². The van der Waals surface area contributed by atoms with Gasteiger partial charge in [0.25, 0.3) is 5.91 Å². The van der Waals surface area contributed by atoms with Crippen molar-refractivity contribution in [1.82, 2.24) is 20.1 Å². The van der Waals surface area contributed by atoms with E-state index in [1.165, 1.54) is 0 Å². The number of hydrogen-bond donors (Lipinski definition) is 1. The molecule has 1 aliphatic rings. The van der Waals surface area contributed by atoms with Gasteiger partial charge in [-0.2, -0.15) is 0 Å². The minimum Gasteiger partial charge on any atom is -0.349 e. The van der Waals surface area contributed by atoms with E-state index in [9.17, 15) is 4.79 Å². The first-order valence-corrected chi connectivity index (χ1v) is 9.68. The monoisotopic (exact) mass is 413 g/mol. The lowest BCUT2D eigenvalue weighted by Gasteiger charge is -2.12. The molecule has 1 aliphatic heterocycles. The second kappa shape index (κ2) is 7.73. The molecule has 2 aromatic carbocycles. The first-order valence-electron chi connectivity index (χ1n) is 8.92. The molecule has 0 spiro atoms. The standard InChI is InChI=1S/C20H17Cl2N5O/c1-2-9-23-20(28)19-25-17-11-24-18(13-5-3-4-6-15(13)22)14-10-12(21)7-8-16(14)27(17)26-19/h3-8,10H,2,9,11H2,1H3,(H,23,28). The summed E-state index contributed by atoms with van der Waals surface area (Å²) >= 11 is 12.7. The largest absolute Gasteiger partial charge is 0.349 e. The number of benzene rings is 2. The molecule has 0 atom stereocenters. The minimum atomic E-state index is -0.298. The van der Waals surface area contributed by atoms with Crippen LogP contribution in [0.5, 0.6) is 0 Å². The molecule has 0 fully saturated rings. The zero-order chi connectivity index (χ0) is 19.7. The van der Waals surface area contributed by atoms with Crippen molar-refractivity contribution in [3.8, 4) is 5.69 Å². The summed E-state index contributed by atoms with van der Waals surface area (Å²) < 4.78 is 1.65. The van der Waals surface area contributed by atoms with Gasteiger partial charge in [0.05, 0.1) is 17.9 Å². The molecule has 6 nitrogen and oxygen atoms in total. The van der Waals surface area contributed by atoms with Crippen LogP contribution in [0, 0.1) is 0 Å². The second-order valence-corrected chi connectivity index (χ2v) is 7.17. The van der Waals surface area contributed by atoms with Gasteiger partial charge >= 0.3 is 0 Å². The van der Waals surface area contributed by atoms with Crippen molar-refractivity contribution in [2.24, 2.45) is 4.99 Å². The Labute approximate surface area is 172 Å². The SMILES string of the molecule is CCCNC(=O)c1nc2n(n1)-c1ccc(Cl)cc1C(c1ccccc1Cl)=NC2. The topological polar surface area (TPSA) is 72.2 Å². The van der Waals surface area contributed by atoms with Gasteiger partial charge in [0, 0.05) is 27.7 Å². The summed E-state index contributed by atoms with van der Waals surface area (Å²) in [6.45, 7) is 2.83. The number of carbonyl (C=O) groups excluding carboxylic acids is 1. The fraction of sp³-hybridized carbons (Fsp3) is 0.200. The molecule has 28 heavy (non-hydrogen) atoms. The van der Waals surface area contributed by atoms with Crippen LogP contribution < -0.4 is 5.32 Å². The predicted octanol–water partition coefficient (Wildman–Crippen LogP) is 4.06. The normalized spacial score (nSPS) is 12.6. The Kier molecular flexibility index (Phi) is 5.15. The Hall–Kier alpha value is -2.70. The summed E-state index contributed by atoms with van der Waals surface area (Å²) in [7, 11) is 0. The molecule has 3 aromatic rings. The van der Waals surface area contributed by atoms with Crippen molar-refractivity contribution in [3.05, 3.63) is 75.3 Å². The maximum Gasteiger partial charge on any atom is 0.290 e. The summed E-state index contributed by atoms with van der Waals surface area (Å²) in [5.41, 5.74) is 3.05. The number of nitrogens with zero attached hydrogens (tertiary/aromatic N) is 4. The van der Waals surface area contributed by atoms with E-state index in [1.807, 2.05) is 43.3 Å². The molecule has 0 unspecified atom stereocenters. The quantitative estimate of drug-likeness (QED) is 0.700. The number of aliphatic imine (C=N–C) groups is 1. The number of carbonyl (C=O) groups is 1. The minimum absolute atomic E-state index is 0.126. The maximum atomic E-state index is 12.3. The number of nitrogens with one attached hydrogen (secondary N) is 1. The summed E-state index contributed by atoms with van der Waals surface area (Å²) in [6.07, 6.45) is 0.839. The average molecular weight is 414 g/mol. The number of fused-ring (bicyclic) bond motifs is 3. The van der Waals surface area contributed by atoms with Crippen LogP contribution in [0.4, 0.5) is 0 Å². The van der Waals surface area contributed by atoms with Gasteiger partial charge in [0.15, 0.2) is 5.82 Å². The van der Waals surface area contributed by atoms with Crippen LogP contribution in [0.2, 0.25) is 10.0 Å². The fourth-order valence-corrected chi connectivity index (χ4v) is 3.45. The number of aromatic nitrogens is 3. The van der Waals surface area contributed by atoms with Crippen molar-refractivity contribution < 1.29 is 4.79 Å². The molecule has 1 N–H and O–H groups in total. The van der Waals surface area contributed by atoms with Crippen molar-refractivity contribution in [2.75, 3.05) is 6.54 Å². The number of amides is 1. The third kappa shape index (κ3) is 3.41. The number of hydrogen-bond acceptors (Lipinski definition) is 4. The van der Waals surface area contributed by atoms with Crippen molar-refractivity contribution in [3.63, 3.8) is 0 Å². The number of rotatable bonds is 4. The molecule has 4 rings (SSSR count). The van der Waals surface area contributed by atoms with Gasteiger partial charge in [-0.25, -0.2) is 9.67 Å². The molecule has 1 aromatic heterocycles. The van der Waals surface area contributed by atoms with Gasteiger partial charge in [-0.05, 0) is 30.7 Å². The van der Waals surface area contributed by atoms with Crippen LogP contribution in [0.25, 0.3) is 5.69 Å². The average Bonchev–Trinajstić information content (AvgIpc) is 3.06. The zero-order valence-corrected chi connectivity index (χ0v) is 16.6. The third-order valence-corrected chi connectivity index (χ3v) is 4.93. The van der Waals surface area contributed by atoms with Crippen LogP contribution in [0.1, 0.15) is 40.9 Å². The van der Waals surface area contributed by atoms with Gasteiger partial charge in [-0.3, -0.25) is 9.79 Å². The van der Waals surface area contributed by atoms with E-state index >= 15 is 0 Å². The highest BCUT2D eigenvalue weighted by Crippen LogP contribution is 2.29.